The third-order valence-electron chi connectivity index (χ3n) is 6.13. The van der Waals surface area contributed by atoms with Crippen LogP contribution in [0.25, 0.3) is 0 Å². The number of benzene rings is 2. The fourth-order valence-electron chi connectivity index (χ4n) is 4.20. The smallest absolute Gasteiger partial charge is 0.416 e. The number of carbonyl (C=O) groups excluding carboxylic acids is 1. The van der Waals surface area contributed by atoms with Crippen molar-refractivity contribution in [3.05, 3.63) is 58.7 Å². The van der Waals surface area contributed by atoms with Crippen LogP contribution < -0.4 is 9.47 Å². The Labute approximate surface area is 198 Å². The second-order valence-electron chi connectivity index (χ2n) is 8.62. The largest absolute Gasteiger partial charge is 0.493 e. The molecule has 2 aromatic carbocycles. The van der Waals surface area contributed by atoms with Gasteiger partial charge in [-0.25, -0.2) is 0 Å². The number of amides is 1. The van der Waals surface area contributed by atoms with Crippen LogP contribution in [0.3, 0.4) is 0 Å². The first kappa shape index (κ1) is 25.8. The molecule has 1 saturated heterocycles. The van der Waals surface area contributed by atoms with Gasteiger partial charge >= 0.3 is 6.18 Å². The number of aryl methyl sites for hydroxylation is 1. The summed E-state index contributed by atoms with van der Waals surface area (Å²) in [5.41, 5.74) is 1.76. The third-order valence-corrected chi connectivity index (χ3v) is 6.13. The van der Waals surface area contributed by atoms with Crippen molar-refractivity contribution in [2.45, 2.75) is 26.2 Å². The SMILES string of the molecule is COc1cc(C)c(CN2CCN(C(=O)CN(C)Cc3ccccc3C(F)(F)F)CC2)cc1OC. The summed E-state index contributed by atoms with van der Waals surface area (Å²) >= 11 is 0. The van der Waals surface area contributed by atoms with Crippen LogP contribution in [0.5, 0.6) is 11.5 Å². The number of hydrogen-bond acceptors (Lipinski definition) is 5. The van der Waals surface area contributed by atoms with Crippen molar-refractivity contribution in [2.24, 2.45) is 0 Å². The zero-order chi connectivity index (χ0) is 24.9. The van der Waals surface area contributed by atoms with Crippen molar-refractivity contribution >= 4 is 5.91 Å². The summed E-state index contributed by atoms with van der Waals surface area (Å²) in [6.45, 7) is 5.50. The van der Waals surface area contributed by atoms with Crippen LogP contribution in [-0.2, 0) is 24.1 Å². The number of halogens is 3. The van der Waals surface area contributed by atoms with E-state index in [0.29, 0.717) is 24.6 Å². The molecule has 0 N–H and O–H groups in total. The van der Waals surface area contributed by atoms with Gasteiger partial charge in [0.05, 0.1) is 26.3 Å². The Kier molecular flexibility index (Phi) is 8.43. The second kappa shape index (κ2) is 11.1. The monoisotopic (exact) mass is 479 g/mol. The minimum absolute atomic E-state index is 0.0555. The number of hydrogen-bond donors (Lipinski definition) is 0. The highest BCUT2D eigenvalue weighted by Gasteiger charge is 2.33. The normalized spacial score (nSPS) is 15.0. The molecule has 2 aromatic rings. The Morgan fingerprint density at radius 1 is 1.00 bits per heavy atom. The number of alkyl halides is 3. The molecule has 1 heterocycles. The lowest BCUT2D eigenvalue weighted by Crippen LogP contribution is -2.50. The molecule has 9 heteroatoms. The van der Waals surface area contributed by atoms with Crippen LogP contribution in [0.1, 0.15) is 22.3 Å². The van der Waals surface area contributed by atoms with E-state index in [1.165, 1.54) is 12.1 Å². The quantitative estimate of drug-likeness (QED) is 0.576. The van der Waals surface area contributed by atoms with Gasteiger partial charge in [-0.05, 0) is 48.9 Å². The van der Waals surface area contributed by atoms with Crippen molar-refractivity contribution in [3.8, 4) is 11.5 Å². The fourth-order valence-corrected chi connectivity index (χ4v) is 4.20. The van der Waals surface area contributed by atoms with E-state index in [9.17, 15) is 18.0 Å². The molecule has 1 aliphatic rings. The topological polar surface area (TPSA) is 45.2 Å². The van der Waals surface area contributed by atoms with E-state index in [-0.39, 0.29) is 24.6 Å². The van der Waals surface area contributed by atoms with Gasteiger partial charge in [0.1, 0.15) is 0 Å². The van der Waals surface area contributed by atoms with Crippen LogP contribution in [0.4, 0.5) is 13.2 Å². The third kappa shape index (κ3) is 6.42. The van der Waals surface area contributed by atoms with Gasteiger partial charge in [0.2, 0.25) is 5.91 Å². The first-order valence-corrected chi connectivity index (χ1v) is 11.2. The molecule has 186 valence electrons. The molecule has 0 unspecified atom stereocenters. The lowest BCUT2D eigenvalue weighted by atomic mass is 10.1. The van der Waals surface area contributed by atoms with Gasteiger partial charge in [0, 0.05) is 39.3 Å². The molecule has 0 spiro atoms. The van der Waals surface area contributed by atoms with E-state index in [1.807, 2.05) is 19.1 Å². The van der Waals surface area contributed by atoms with Crippen molar-refractivity contribution in [2.75, 3.05) is 54.0 Å². The minimum atomic E-state index is -4.41. The summed E-state index contributed by atoms with van der Waals surface area (Å²) in [6.07, 6.45) is -4.41. The molecular formula is C25H32F3N3O3. The van der Waals surface area contributed by atoms with Crippen LogP contribution in [0, 0.1) is 6.92 Å². The van der Waals surface area contributed by atoms with Crippen molar-refractivity contribution < 1.29 is 27.4 Å². The first-order valence-electron chi connectivity index (χ1n) is 11.2. The average Bonchev–Trinajstić information content (AvgIpc) is 2.80. The van der Waals surface area contributed by atoms with Crippen LogP contribution in [-0.4, -0.2) is 74.6 Å². The predicted molar refractivity (Wildman–Crippen MR) is 124 cm³/mol. The Morgan fingerprint density at radius 3 is 2.24 bits per heavy atom. The summed E-state index contributed by atoms with van der Waals surface area (Å²) < 4.78 is 50.5. The molecular weight excluding hydrogens is 447 g/mol. The van der Waals surface area contributed by atoms with Crippen LogP contribution in [0.2, 0.25) is 0 Å². The molecule has 0 saturated carbocycles. The van der Waals surface area contributed by atoms with Gasteiger partial charge in [0.15, 0.2) is 11.5 Å². The molecule has 1 aliphatic heterocycles. The van der Waals surface area contributed by atoms with Gasteiger partial charge in [-0.1, -0.05) is 18.2 Å². The first-order chi connectivity index (χ1) is 16.1. The van der Waals surface area contributed by atoms with Gasteiger partial charge in [-0.3, -0.25) is 14.6 Å². The maximum atomic E-state index is 13.2. The molecule has 0 atom stereocenters. The zero-order valence-electron chi connectivity index (χ0n) is 20.1. The predicted octanol–water partition coefficient (Wildman–Crippen LogP) is 3.81. The average molecular weight is 480 g/mol. The van der Waals surface area contributed by atoms with Gasteiger partial charge in [0.25, 0.3) is 0 Å². The van der Waals surface area contributed by atoms with Crippen molar-refractivity contribution in [3.63, 3.8) is 0 Å². The van der Waals surface area contributed by atoms with E-state index in [4.69, 9.17) is 9.47 Å². The van der Waals surface area contributed by atoms with Gasteiger partial charge < -0.3 is 14.4 Å². The Bertz CT molecular complexity index is 989. The van der Waals surface area contributed by atoms with Crippen molar-refractivity contribution in [1.82, 2.24) is 14.7 Å². The molecule has 0 aliphatic carbocycles. The lowest BCUT2D eigenvalue weighted by Gasteiger charge is -2.36. The van der Waals surface area contributed by atoms with Crippen LogP contribution in [0.15, 0.2) is 36.4 Å². The Balaban J connectivity index is 1.53. The molecule has 0 aromatic heterocycles. The highest BCUT2D eigenvalue weighted by Crippen LogP contribution is 2.32. The van der Waals surface area contributed by atoms with Crippen molar-refractivity contribution in [1.29, 1.82) is 0 Å². The summed E-state index contributed by atoms with van der Waals surface area (Å²) in [6, 6.07) is 9.43. The second-order valence-corrected chi connectivity index (χ2v) is 8.62. The minimum Gasteiger partial charge on any atom is -0.493 e. The Morgan fingerprint density at radius 2 is 1.62 bits per heavy atom. The number of methoxy groups -OCH3 is 2. The highest BCUT2D eigenvalue weighted by atomic mass is 19.4. The number of rotatable bonds is 8. The number of carbonyl (C=O) groups is 1. The van der Waals surface area contributed by atoms with E-state index < -0.39 is 11.7 Å². The van der Waals surface area contributed by atoms with Gasteiger partial charge in [-0.2, -0.15) is 13.2 Å². The highest BCUT2D eigenvalue weighted by molar-refractivity contribution is 5.78. The maximum Gasteiger partial charge on any atom is 0.416 e. The molecule has 1 fully saturated rings. The van der Waals surface area contributed by atoms with Gasteiger partial charge in [-0.15, -0.1) is 0 Å². The number of likely N-dealkylation sites (N-methyl/N-ethyl adjacent to an activating group) is 1. The standard InChI is InChI=1S/C25H32F3N3O3/c1-18-13-22(33-3)23(34-4)14-20(18)16-30-9-11-31(12-10-30)24(32)17-29(2)15-19-7-5-6-8-21(19)25(26,27)28/h5-8,13-14H,9-12,15-17H2,1-4H3. The van der Waals surface area contributed by atoms with E-state index in [1.54, 1.807) is 37.1 Å². The molecule has 34 heavy (non-hydrogen) atoms. The summed E-state index contributed by atoms with van der Waals surface area (Å²) in [7, 11) is 4.89. The van der Waals surface area contributed by atoms with E-state index >= 15 is 0 Å². The maximum absolute atomic E-state index is 13.2. The fraction of sp³-hybridized carbons (Fsp3) is 0.480. The summed E-state index contributed by atoms with van der Waals surface area (Å²) in [5, 5.41) is 0. The number of piperazine rings is 1. The van der Waals surface area contributed by atoms with E-state index in [2.05, 4.69) is 4.90 Å². The molecule has 0 bridgehead atoms. The zero-order valence-corrected chi connectivity index (χ0v) is 20.1. The summed E-state index contributed by atoms with van der Waals surface area (Å²) in [5.74, 6) is 1.31. The Hall–Kier alpha value is -2.78. The number of ether oxygens (including phenoxy) is 2. The lowest BCUT2D eigenvalue weighted by molar-refractivity contribution is -0.138. The molecule has 6 nitrogen and oxygen atoms in total. The number of nitrogens with zero attached hydrogens (tertiary/aromatic N) is 3. The molecule has 3 rings (SSSR count). The molecule has 1 amide bonds. The summed E-state index contributed by atoms with van der Waals surface area (Å²) in [4.78, 5) is 18.5. The van der Waals surface area contributed by atoms with E-state index in [0.717, 1.165) is 36.8 Å². The molecule has 0 radical (unpaired) electrons. The van der Waals surface area contributed by atoms with Crippen LogP contribution >= 0.6 is 0 Å².